The van der Waals surface area contributed by atoms with E-state index in [9.17, 15) is 13.8 Å². The number of hydrogen-bond acceptors (Lipinski definition) is 9. The van der Waals surface area contributed by atoms with E-state index in [4.69, 9.17) is 18.9 Å². The molecule has 0 bridgehead atoms. The van der Waals surface area contributed by atoms with Crippen molar-refractivity contribution in [2.75, 3.05) is 48.3 Å². The molecule has 50 heavy (non-hydrogen) atoms. The van der Waals surface area contributed by atoms with Crippen molar-refractivity contribution in [1.82, 2.24) is 4.98 Å². The highest BCUT2D eigenvalue weighted by atomic mass is 32.2. The number of amides is 2. The number of ether oxygens (including phenoxy) is 4. The Hall–Kier alpha value is -5.82. The van der Waals surface area contributed by atoms with Crippen LogP contribution in [0, 0.1) is 0 Å². The van der Waals surface area contributed by atoms with E-state index in [2.05, 4.69) is 25.7 Å². The number of anilines is 5. The minimum atomic E-state index is -1.36. The smallest absolute Gasteiger partial charge is 0.341 e. The summed E-state index contributed by atoms with van der Waals surface area (Å²) in [5.74, 6) is 1.81. The average Bonchev–Trinajstić information content (AvgIpc) is 3.08. The first-order chi connectivity index (χ1) is 23.9. The number of rotatable bonds is 11. The van der Waals surface area contributed by atoms with Crippen LogP contribution in [0.15, 0.2) is 85.1 Å². The van der Waals surface area contributed by atoms with E-state index >= 15 is 0 Å². The van der Waals surface area contributed by atoms with Crippen LogP contribution in [0.25, 0.3) is 10.8 Å². The maximum absolute atomic E-state index is 13.4. The summed E-state index contributed by atoms with van der Waals surface area (Å²) in [6.07, 6.45) is 3.14. The molecule has 1 atom stereocenters. The van der Waals surface area contributed by atoms with E-state index in [0.717, 1.165) is 16.3 Å². The van der Waals surface area contributed by atoms with Gasteiger partial charge in [-0.1, -0.05) is 45.0 Å². The molecular formula is C37H39N5O7S. The van der Waals surface area contributed by atoms with Crippen LogP contribution in [0.5, 0.6) is 23.0 Å². The standard InChI is InChI=1S/C37H39N5O7S/c1-37(2,3)22-18-29(34(47-5)30(19-22)42-50(7)45)41-36(44)40-28-14-15-31(26-11-9-8-10-25(26)28)49-24-16-17-38-33(21-24)39-23-12-13-27(35(43)48-6)32(20-23)46-4/h8-21,42H,1-7H3,(H,38,39)(H2,40,41,44). The summed E-state index contributed by atoms with van der Waals surface area (Å²) in [5.41, 5.74) is 3.11. The number of urea groups is 1. The molecule has 0 saturated heterocycles. The molecule has 1 unspecified atom stereocenters. The summed E-state index contributed by atoms with van der Waals surface area (Å²) in [7, 11) is 2.92. The summed E-state index contributed by atoms with van der Waals surface area (Å²) >= 11 is 0. The van der Waals surface area contributed by atoms with Gasteiger partial charge in [0, 0.05) is 41.0 Å². The van der Waals surface area contributed by atoms with E-state index < -0.39 is 23.0 Å². The Morgan fingerprint density at radius 3 is 2.18 bits per heavy atom. The number of methoxy groups -OCH3 is 3. The maximum atomic E-state index is 13.4. The van der Waals surface area contributed by atoms with Crippen molar-refractivity contribution in [3.05, 3.63) is 96.2 Å². The highest BCUT2D eigenvalue weighted by Gasteiger charge is 2.22. The summed E-state index contributed by atoms with van der Waals surface area (Å²) in [4.78, 5) is 29.9. The second kappa shape index (κ2) is 15.2. The van der Waals surface area contributed by atoms with Crippen molar-refractivity contribution in [2.45, 2.75) is 26.2 Å². The lowest BCUT2D eigenvalue weighted by Gasteiger charge is -2.24. The van der Waals surface area contributed by atoms with Gasteiger partial charge in [0.2, 0.25) is 0 Å². The third-order valence-corrected chi connectivity index (χ3v) is 8.14. The number of carbonyl (C=O) groups excluding carboxylic acids is 2. The topological polar surface area (TPSA) is 149 Å². The second-order valence-corrected chi connectivity index (χ2v) is 13.3. The van der Waals surface area contributed by atoms with Crippen molar-refractivity contribution in [2.24, 2.45) is 0 Å². The number of benzene rings is 4. The van der Waals surface area contributed by atoms with Crippen molar-refractivity contribution in [3.63, 3.8) is 0 Å². The molecule has 12 nitrogen and oxygen atoms in total. The summed E-state index contributed by atoms with van der Waals surface area (Å²) in [5, 5.41) is 10.6. The normalized spacial score (nSPS) is 11.7. The molecule has 1 heterocycles. The predicted octanol–water partition coefficient (Wildman–Crippen LogP) is 8.22. The summed E-state index contributed by atoms with van der Waals surface area (Å²) in [6.45, 7) is 6.15. The molecule has 1 aromatic heterocycles. The third kappa shape index (κ3) is 8.24. The Bertz CT molecular complexity index is 2080. The van der Waals surface area contributed by atoms with Crippen LogP contribution in [0.4, 0.5) is 33.4 Å². The van der Waals surface area contributed by atoms with Gasteiger partial charge in [0.25, 0.3) is 0 Å². The third-order valence-electron chi connectivity index (χ3n) is 7.63. The number of fused-ring (bicyclic) bond motifs is 1. The number of nitrogens with one attached hydrogen (secondary N) is 4. The molecule has 2 amide bonds. The van der Waals surface area contributed by atoms with Crippen LogP contribution in [-0.4, -0.2) is 48.8 Å². The molecule has 5 aromatic rings. The van der Waals surface area contributed by atoms with Gasteiger partial charge in [-0.2, -0.15) is 0 Å². The van der Waals surface area contributed by atoms with Gasteiger partial charge < -0.3 is 39.6 Å². The Kier molecular flexibility index (Phi) is 10.8. The van der Waals surface area contributed by atoms with Crippen LogP contribution >= 0.6 is 0 Å². The molecule has 0 saturated carbocycles. The highest BCUT2D eigenvalue weighted by Crippen LogP contribution is 2.40. The van der Waals surface area contributed by atoms with Crippen molar-refractivity contribution < 1.29 is 32.7 Å². The Balaban J connectivity index is 1.37. The van der Waals surface area contributed by atoms with Crippen LogP contribution in [0.3, 0.4) is 0 Å². The van der Waals surface area contributed by atoms with Crippen molar-refractivity contribution in [1.29, 1.82) is 0 Å². The molecule has 260 valence electrons. The molecular weight excluding hydrogens is 659 g/mol. The van der Waals surface area contributed by atoms with E-state index in [1.165, 1.54) is 27.6 Å². The Morgan fingerprint density at radius 1 is 0.780 bits per heavy atom. The quantitative estimate of drug-likeness (QED) is 0.100. The number of pyridine rings is 1. The van der Waals surface area contributed by atoms with Crippen LogP contribution in [0.2, 0.25) is 0 Å². The number of carbonyl (C=O) groups is 2. The number of aromatic nitrogens is 1. The van der Waals surface area contributed by atoms with Gasteiger partial charge in [-0.3, -0.25) is 0 Å². The second-order valence-electron chi connectivity index (χ2n) is 12.2. The fourth-order valence-electron chi connectivity index (χ4n) is 5.22. The maximum Gasteiger partial charge on any atom is 0.341 e. The van der Waals surface area contributed by atoms with Gasteiger partial charge in [-0.15, -0.1) is 0 Å². The first-order valence-corrected chi connectivity index (χ1v) is 17.1. The first-order valence-electron chi connectivity index (χ1n) is 15.5. The number of nitrogens with zero attached hydrogens (tertiary/aromatic N) is 1. The fourth-order valence-corrected chi connectivity index (χ4v) is 5.68. The molecule has 4 aromatic carbocycles. The molecule has 13 heteroatoms. The molecule has 0 fully saturated rings. The minimum absolute atomic E-state index is 0.257. The molecule has 0 aliphatic carbocycles. The lowest BCUT2D eigenvalue weighted by atomic mass is 9.86. The summed E-state index contributed by atoms with van der Waals surface area (Å²) < 4.78 is 37.1. The zero-order chi connectivity index (χ0) is 36.0. The zero-order valence-corrected chi connectivity index (χ0v) is 29.6. The molecule has 0 aliphatic rings. The zero-order valence-electron chi connectivity index (χ0n) is 28.8. The predicted molar refractivity (Wildman–Crippen MR) is 198 cm³/mol. The van der Waals surface area contributed by atoms with Gasteiger partial charge in [-0.25, -0.2) is 18.8 Å². The molecule has 0 aliphatic heterocycles. The van der Waals surface area contributed by atoms with E-state index in [-0.39, 0.29) is 5.41 Å². The van der Waals surface area contributed by atoms with Gasteiger partial charge >= 0.3 is 12.0 Å². The highest BCUT2D eigenvalue weighted by molar-refractivity contribution is 7.85. The minimum Gasteiger partial charge on any atom is -0.496 e. The van der Waals surface area contributed by atoms with Crippen LogP contribution in [-0.2, 0) is 21.1 Å². The molecule has 4 N–H and O–H groups in total. The van der Waals surface area contributed by atoms with Crippen molar-refractivity contribution >= 4 is 62.3 Å². The fraction of sp³-hybridized carbons (Fsp3) is 0.216. The molecule has 5 rings (SSSR count). The van der Waals surface area contributed by atoms with E-state index in [1.807, 2.05) is 57.2 Å². The average molecular weight is 698 g/mol. The number of hydrogen-bond donors (Lipinski definition) is 4. The first kappa shape index (κ1) is 35.5. The van der Waals surface area contributed by atoms with Crippen molar-refractivity contribution in [3.8, 4) is 23.0 Å². The lowest BCUT2D eigenvalue weighted by molar-refractivity contribution is 0.0597. The largest absolute Gasteiger partial charge is 0.496 e. The Morgan fingerprint density at radius 2 is 1.50 bits per heavy atom. The Labute approximate surface area is 293 Å². The van der Waals surface area contributed by atoms with Crippen LogP contribution in [0.1, 0.15) is 36.7 Å². The molecule has 0 spiro atoms. The van der Waals surface area contributed by atoms with Crippen LogP contribution < -0.4 is 34.9 Å². The van der Waals surface area contributed by atoms with E-state index in [0.29, 0.717) is 57.1 Å². The van der Waals surface area contributed by atoms with E-state index in [1.54, 1.807) is 48.7 Å². The lowest BCUT2D eigenvalue weighted by Crippen LogP contribution is -2.21. The van der Waals surface area contributed by atoms with Gasteiger partial charge in [0.15, 0.2) is 5.75 Å². The number of esters is 1. The van der Waals surface area contributed by atoms with Gasteiger partial charge in [0.05, 0.1) is 38.4 Å². The van der Waals surface area contributed by atoms with Gasteiger partial charge in [0.1, 0.15) is 39.6 Å². The van der Waals surface area contributed by atoms with Gasteiger partial charge in [-0.05, 0) is 53.4 Å². The molecule has 0 radical (unpaired) electrons. The SMILES string of the molecule is COC(=O)c1ccc(Nc2cc(Oc3ccc(NC(=O)Nc4cc(C(C)(C)C)cc(NS(C)=O)c4OC)c4ccccc34)ccn2)cc1OC. The summed E-state index contributed by atoms with van der Waals surface area (Å²) in [6, 6.07) is 22.8. The monoisotopic (exact) mass is 697 g/mol.